The minimum absolute atomic E-state index is 0.452. The number of hydrogen-bond donors (Lipinski definition) is 2. The second-order valence-corrected chi connectivity index (χ2v) is 7.26. The van der Waals surface area contributed by atoms with E-state index in [9.17, 15) is 0 Å². The molecule has 1 saturated heterocycles. The molecule has 7 nitrogen and oxygen atoms in total. The molecule has 1 atom stereocenters. The second kappa shape index (κ2) is 10.9. The summed E-state index contributed by atoms with van der Waals surface area (Å²) in [5.74, 6) is 3.51. The number of guanidine groups is 1. The van der Waals surface area contributed by atoms with Gasteiger partial charge in [0.2, 0.25) is 0 Å². The van der Waals surface area contributed by atoms with Crippen LogP contribution >= 0.6 is 0 Å². The Morgan fingerprint density at radius 1 is 1.29 bits per heavy atom. The van der Waals surface area contributed by atoms with Crippen LogP contribution in [-0.4, -0.2) is 37.4 Å². The van der Waals surface area contributed by atoms with E-state index in [0.717, 1.165) is 75.2 Å². The first-order valence-electron chi connectivity index (χ1n) is 10.4. The molecular formula is C21H32N4O3. The van der Waals surface area contributed by atoms with Gasteiger partial charge in [-0.1, -0.05) is 19.0 Å². The smallest absolute Gasteiger partial charge is 0.191 e. The number of nitrogens with one attached hydrogen (secondary N) is 2. The first kappa shape index (κ1) is 20.5. The van der Waals surface area contributed by atoms with E-state index in [-0.39, 0.29) is 0 Å². The van der Waals surface area contributed by atoms with Crippen LogP contribution in [0.2, 0.25) is 0 Å². The number of aliphatic imine (C=N–C) groups is 1. The molecular weight excluding hydrogens is 356 g/mol. The molecule has 0 aromatic carbocycles. The third-order valence-corrected chi connectivity index (χ3v) is 5.20. The molecule has 0 aliphatic carbocycles. The molecule has 0 bridgehead atoms. The van der Waals surface area contributed by atoms with Gasteiger partial charge in [0.1, 0.15) is 12.3 Å². The maximum Gasteiger partial charge on any atom is 0.191 e. The molecule has 3 rings (SSSR count). The molecule has 0 radical (unpaired) electrons. The van der Waals surface area contributed by atoms with Crippen molar-refractivity contribution in [2.24, 2.45) is 10.9 Å². The van der Waals surface area contributed by atoms with E-state index in [0.29, 0.717) is 18.4 Å². The summed E-state index contributed by atoms with van der Waals surface area (Å²) in [7, 11) is 0. The summed E-state index contributed by atoms with van der Waals surface area (Å²) in [6.07, 6.45) is 5.73. The Labute approximate surface area is 166 Å². The van der Waals surface area contributed by atoms with Crippen molar-refractivity contribution in [3.63, 3.8) is 0 Å². The van der Waals surface area contributed by atoms with Crippen molar-refractivity contribution in [3.05, 3.63) is 41.7 Å². The average molecular weight is 389 g/mol. The number of nitrogens with zero attached hydrogens (tertiary/aromatic N) is 2. The van der Waals surface area contributed by atoms with Gasteiger partial charge in [-0.15, -0.1) is 0 Å². The molecule has 2 aromatic heterocycles. The van der Waals surface area contributed by atoms with Gasteiger partial charge in [0.25, 0.3) is 0 Å². The van der Waals surface area contributed by atoms with Crippen molar-refractivity contribution in [1.29, 1.82) is 0 Å². The third-order valence-electron chi connectivity index (χ3n) is 5.20. The number of furan rings is 1. The SMILES string of the molecule is CCC(CC)c1cc(CN=C(NCCc2ccco2)NCC2CCOC2)on1. The van der Waals surface area contributed by atoms with Crippen molar-refractivity contribution in [2.45, 2.75) is 52.0 Å². The zero-order chi connectivity index (χ0) is 19.6. The molecule has 2 N–H and O–H groups in total. The van der Waals surface area contributed by atoms with Crippen molar-refractivity contribution >= 4 is 5.96 Å². The van der Waals surface area contributed by atoms with Gasteiger partial charge in [-0.25, -0.2) is 4.99 Å². The maximum atomic E-state index is 5.49. The maximum absolute atomic E-state index is 5.49. The second-order valence-electron chi connectivity index (χ2n) is 7.26. The lowest BCUT2D eigenvalue weighted by Gasteiger charge is -2.14. The van der Waals surface area contributed by atoms with Gasteiger partial charge in [0.05, 0.1) is 18.6 Å². The lowest BCUT2D eigenvalue weighted by atomic mass is 9.99. The molecule has 28 heavy (non-hydrogen) atoms. The molecule has 2 aromatic rings. The monoisotopic (exact) mass is 388 g/mol. The van der Waals surface area contributed by atoms with Gasteiger partial charge in [-0.3, -0.25) is 0 Å². The quantitative estimate of drug-likeness (QED) is 0.479. The van der Waals surface area contributed by atoms with Crippen molar-refractivity contribution in [1.82, 2.24) is 15.8 Å². The standard InChI is InChI=1S/C21H32N4O3/c1-3-17(4-2)20-12-19(28-25-20)14-24-21(23-13-16-8-11-26-15-16)22-9-7-18-6-5-10-27-18/h5-6,10,12,16-17H,3-4,7-9,11,13-15H2,1-2H3,(H2,22,23,24). The lowest BCUT2D eigenvalue weighted by Crippen LogP contribution is -2.40. The predicted octanol–water partition coefficient (Wildman–Crippen LogP) is 3.49. The summed E-state index contributed by atoms with van der Waals surface area (Å²) >= 11 is 0. The summed E-state index contributed by atoms with van der Waals surface area (Å²) < 4.78 is 16.3. The van der Waals surface area contributed by atoms with Crippen LogP contribution in [0.25, 0.3) is 0 Å². The summed E-state index contributed by atoms with van der Waals surface area (Å²) in [5, 5.41) is 11.0. The van der Waals surface area contributed by atoms with Crippen LogP contribution < -0.4 is 10.6 Å². The van der Waals surface area contributed by atoms with Gasteiger partial charge in [-0.2, -0.15) is 0 Å². The highest BCUT2D eigenvalue weighted by Crippen LogP contribution is 2.22. The first-order valence-corrected chi connectivity index (χ1v) is 10.4. The fourth-order valence-electron chi connectivity index (χ4n) is 3.38. The Morgan fingerprint density at radius 2 is 2.18 bits per heavy atom. The average Bonchev–Trinajstić information content (AvgIpc) is 3.47. The Morgan fingerprint density at radius 3 is 2.89 bits per heavy atom. The summed E-state index contributed by atoms with van der Waals surface area (Å²) in [6, 6.07) is 5.92. The molecule has 0 amide bonds. The topological polar surface area (TPSA) is 84.8 Å². The van der Waals surface area contributed by atoms with Crippen LogP contribution in [0, 0.1) is 5.92 Å². The van der Waals surface area contributed by atoms with E-state index in [1.165, 1.54) is 0 Å². The molecule has 0 spiro atoms. The zero-order valence-electron chi connectivity index (χ0n) is 16.9. The predicted molar refractivity (Wildman–Crippen MR) is 108 cm³/mol. The van der Waals surface area contributed by atoms with Gasteiger partial charge in [-0.05, 0) is 31.4 Å². The highest BCUT2D eigenvalue weighted by Gasteiger charge is 2.16. The van der Waals surface area contributed by atoms with Crippen molar-refractivity contribution < 1.29 is 13.7 Å². The molecule has 154 valence electrons. The van der Waals surface area contributed by atoms with Gasteiger partial charge in [0, 0.05) is 44.0 Å². The van der Waals surface area contributed by atoms with Crippen LogP contribution in [0.5, 0.6) is 0 Å². The number of rotatable bonds is 10. The molecule has 3 heterocycles. The number of hydrogen-bond acceptors (Lipinski definition) is 5. The molecule has 1 aliphatic heterocycles. The van der Waals surface area contributed by atoms with Crippen LogP contribution in [0.4, 0.5) is 0 Å². The van der Waals surface area contributed by atoms with Crippen molar-refractivity contribution in [2.75, 3.05) is 26.3 Å². The van der Waals surface area contributed by atoms with Crippen LogP contribution in [0.15, 0.2) is 38.4 Å². The van der Waals surface area contributed by atoms with Gasteiger partial charge >= 0.3 is 0 Å². The number of aromatic nitrogens is 1. The number of ether oxygens (including phenoxy) is 1. The zero-order valence-corrected chi connectivity index (χ0v) is 16.9. The Hall–Kier alpha value is -2.28. The lowest BCUT2D eigenvalue weighted by molar-refractivity contribution is 0.186. The fraction of sp³-hybridized carbons (Fsp3) is 0.619. The van der Waals surface area contributed by atoms with E-state index >= 15 is 0 Å². The van der Waals surface area contributed by atoms with E-state index in [2.05, 4.69) is 34.6 Å². The van der Waals surface area contributed by atoms with Crippen LogP contribution in [-0.2, 0) is 17.7 Å². The fourth-order valence-corrected chi connectivity index (χ4v) is 3.38. The van der Waals surface area contributed by atoms with Crippen molar-refractivity contribution in [3.8, 4) is 0 Å². The highest BCUT2D eigenvalue weighted by atomic mass is 16.5. The van der Waals surface area contributed by atoms with Crippen LogP contribution in [0.1, 0.15) is 56.2 Å². The Bertz CT molecular complexity index is 701. The van der Waals surface area contributed by atoms with E-state index < -0.39 is 0 Å². The van der Waals surface area contributed by atoms with Crippen LogP contribution in [0.3, 0.4) is 0 Å². The van der Waals surface area contributed by atoms with E-state index in [4.69, 9.17) is 13.7 Å². The molecule has 1 fully saturated rings. The van der Waals surface area contributed by atoms with E-state index in [1.807, 2.05) is 18.2 Å². The van der Waals surface area contributed by atoms with E-state index in [1.54, 1.807) is 6.26 Å². The summed E-state index contributed by atoms with van der Waals surface area (Å²) in [5.41, 5.74) is 1.03. The van der Waals surface area contributed by atoms with Gasteiger partial charge < -0.3 is 24.3 Å². The molecule has 1 aliphatic rings. The molecule has 7 heteroatoms. The first-order chi connectivity index (χ1) is 13.8. The molecule has 1 unspecified atom stereocenters. The van der Waals surface area contributed by atoms with Gasteiger partial charge in [0.15, 0.2) is 11.7 Å². The normalized spacial score (nSPS) is 17.4. The summed E-state index contributed by atoms with van der Waals surface area (Å²) in [4.78, 5) is 4.69. The minimum atomic E-state index is 0.452. The Kier molecular flexibility index (Phi) is 7.96. The Balaban J connectivity index is 1.55. The molecule has 0 saturated carbocycles. The minimum Gasteiger partial charge on any atom is -0.469 e. The summed E-state index contributed by atoms with van der Waals surface area (Å²) in [6.45, 7) is 8.08. The highest BCUT2D eigenvalue weighted by molar-refractivity contribution is 5.79. The third kappa shape index (κ3) is 6.12. The largest absolute Gasteiger partial charge is 0.469 e.